The van der Waals surface area contributed by atoms with Gasteiger partial charge in [0.1, 0.15) is 11.3 Å². The average molecular weight is 387 g/mol. The van der Waals surface area contributed by atoms with Crippen molar-refractivity contribution in [1.82, 2.24) is 14.9 Å². The Balaban J connectivity index is 1.62. The van der Waals surface area contributed by atoms with Gasteiger partial charge in [-0.3, -0.25) is 9.88 Å². The van der Waals surface area contributed by atoms with Gasteiger partial charge in [0.2, 0.25) is 5.88 Å². The molecule has 2 aromatic rings. The quantitative estimate of drug-likeness (QED) is 0.694. The van der Waals surface area contributed by atoms with Crippen LogP contribution in [0.15, 0.2) is 36.7 Å². The van der Waals surface area contributed by atoms with Crippen molar-refractivity contribution in [1.29, 1.82) is 0 Å². The number of hydrogen-bond donors (Lipinski definition) is 0. The van der Waals surface area contributed by atoms with Crippen molar-refractivity contribution in [2.24, 2.45) is 0 Å². The summed E-state index contributed by atoms with van der Waals surface area (Å²) in [5.41, 5.74) is 0.541. The molecule has 28 heavy (non-hydrogen) atoms. The zero-order chi connectivity index (χ0) is 20.0. The number of hydrogen-bond acceptors (Lipinski definition) is 5. The maximum absolute atomic E-state index is 13.7. The summed E-state index contributed by atoms with van der Waals surface area (Å²) < 4.78 is 25.4. The van der Waals surface area contributed by atoms with Crippen LogP contribution in [0.25, 0.3) is 0 Å². The molecule has 1 aliphatic heterocycles. The van der Waals surface area contributed by atoms with Crippen LogP contribution >= 0.6 is 0 Å². The fourth-order valence-corrected chi connectivity index (χ4v) is 3.49. The smallest absolute Gasteiger partial charge is 0.237 e. The third kappa shape index (κ3) is 5.89. The fourth-order valence-electron chi connectivity index (χ4n) is 3.49. The van der Waals surface area contributed by atoms with Crippen molar-refractivity contribution < 1.29 is 13.9 Å². The van der Waals surface area contributed by atoms with E-state index < -0.39 is 0 Å². The van der Waals surface area contributed by atoms with Crippen molar-refractivity contribution in [2.75, 3.05) is 13.2 Å². The molecule has 2 heterocycles. The maximum Gasteiger partial charge on any atom is 0.237 e. The van der Waals surface area contributed by atoms with Gasteiger partial charge >= 0.3 is 0 Å². The van der Waals surface area contributed by atoms with Gasteiger partial charge in [-0.15, -0.1) is 0 Å². The van der Waals surface area contributed by atoms with Crippen LogP contribution in [0.1, 0.15) is 52.1 Å². The Morgan fingerprint density at radius 3 is 2.71 bits per heavy atom. The Morgan fingerprint density at radius 1 is 1.14 bits per heavy atom. The van der Waals surface area contributed by atoms with Gasteiger partial charge in [0.15, 0.2) is 11.6 Å². The SMILES string of the molecule is CC(C)(C)Oc1nccnc1CN1CCCCC1CCOc1ccccc1F. The molecule has 0 saturated carbocycles. The van der Waals surface area contributed by atoms with Crippen LogP contribution in [-0.2, 0) is 6.54 Å². The molecule has 1 saturated heterocycles. The zero-order valence-electron chi connectivity index (χ0n) is 17.0. The lowest BCUT2D eigenvalue weighted by molar-refractivity contribution is 0.101. The Bertz CT molecular complexity index is 763. The van der Waals surface area contributed by atoms with Crippen LogP contribution in [0.4, 0.5) is 4.39 Å². The van der Waals surface area contributed by atoms with E-state index in [0.717, 1.165) is 25.1 Å². The second kappa shape index (κ2) is 9.32. The highest BCUT2D eigenvalue weighted by molar-refractivity contribution is 5.23. The lowest BCUT2D eigenvalue weighted by atomic mass is 9.99. The lowest BCUT2D eigenvalue weighted by Gasteiger charge is -2.35. The Morgan fingerprint density at radius 2 is 1.93 bits per heavy atom. The number of para-hydroxylation sites is 1. The van der Waals surface area contributed by atoms with Crippen LogP contribution in [0, 0.1) is 5.82 Å². The number of benzene rings is 1. The van der Waals surface area contributed by atoms with Crippen LogP contribution in [0.2, 0.25) is 0 Å². The molecule has 3 rings (SSSR count). The van der Waals surface area contributed by atoms with E-state index in [-0.39, 0.29) is 11.4 Å². The summed E-state index contributed by atoms with van der Waals surface area (Å²) in [6.07, 6.45) is 7.71. The third-order valence-corrected chi connectivity index (χ3v) is 4.79. The van der Waals surface area contributed by atoms with Gasteiger partial charge in [-0.1, -0.05) is 18.6 Å². The lowest BCUT2D eigenvalue weighted by Crippen LogP contribution is -2.40. The molecule has 1 atom stereocenters. The monoisotopic (exact) mass is 387 g/mol. The van der Waals surface area contributed by atoms with Gasteiger partial charge < -0.3 is 9.47 Å². The molecule has 1 aliphatic rings. The first-order valence-electron chi connectivity index (χ1n) is 10.0. The fraction of sp³-hybridized carbons (Fsp3) is 0.545. The molecule has 0 spiro atoms. The predicted molar refractivity (Wildman–Crippen MR) is 107 cm³/mol. The van der Waals surface area contributed by atoms with Gasteiger partial charge in [-0.25, -0.2) is 9.37 Å². The molecule has 0 N–H and O–H groups in total. The highest BCUT2D eigenvalue weighted by Gasteiger charge is 2.25. The molecule has 0 amide bonds. The summed E-state index contributed by atoms with van der Waals surface area (Å²) in [6, 6.07) is 6.93. The number of piperidine rings is 1. The van der Waals surface area contributed by atoms with E-state index in [0.29, 0.717) is 30.8 Å². The standard InChI is InChI=1S/C22H30FN3O2/c1-22(2,3)28-21-19(24-12-13-25-21)16-26-14-7-6-8-17(26)11-15-27-20-10-5-4-9-18(20)23/h4-5,9-10,12-13,17H,6-8,11,14-16H2,1-3H3. The van der Waals surface area contributed by atoms with Gasteiger partial charge in [-0.05, 0) is 58.7 Å². The number of ether oxygens (including phenoxy) is 2. The molecule has 1 unspecified atom stereocenters. The molecule has 5 nitrogen and oxygen atoms in total. The minimum atomic E-state index is -0.320. The van der Waals surface area contributed by atoms with E-state index >= 15 is 0 Å². The van der Waals surface area contributed by atoms with E-state index in [1.54, 1.807) is 30.6 Å². The van der Waals surface area contributed by atoms with Crippen LogP contribution in [0.5, 0.6) is 11.6 Å². The van der Waals surface area contributed by atoms with Gasteiger partial charge in [0, 0.05) is 25.0 Å². The summed E-state index contributed by atoms with van der Waals surface area (Å²) >= 11 is 0. The Labute approximate surface area is 166 Å². The zero-order valence-corrected chi connectivity index (χ0v) is 17.0. The Kier molecular flexibility index (Phi) is 6.83. The summed E-state index contributed by atoms with van der Waals surface area (Å²) in [5, 5.41) is 0. The molecule has 1 fully saturated rings. The largest absolute Gasteiger partial charge is 0.490 e. The number of halogens is 1. The van der Waals surface area contributed by atoms with Crippen LogP contribution in [0.3, 0.4) is 0 Å². The van der Waals surface area contributed by atoms with Gasteiger partial charge in [0.05, 0.1) is 6.61 Å². The van der Waals surface area contributed by atoms with Crippen LogP contribution < -0.4 is 9.47 Å². The van der Waals surface area contributed by atoms with E-state index in [1.807, 2.05) is 20.8 Å². The minimum absolute atomic E-state index is 0.313. The number of likely N-dealkylation sites (tertiary alicyclic amines) is 1. The third-order valence-electron chi connectivity index (χ3n) is 4.79. The van der Waals surface area contributed by atoms with E-state index in [1.165, 1.54) is 18.9 Å². The molecular formula is C22H30FN3O2. The van der Waals surface area contributed by atoms with Crippen molar-refractivity contribution in [3.05, 3.63) is 48.2 Å². The first-order chi connectivity index (χ1) is 13.4. The van der Waals surface area contributed by atoms with Crippen molar-refractivity contribution >= 4 is 0 Å². The average Bonchev–Trinajstić information content (AvgIpc) is 2.65. The normalized spacial score (nSPS) is 18.1. The summed E-state index contributed by atoms with van der Waals surface area (Å²) in [6.45, 7) is 8.23. The minimum Gasteiger partial charge on any atom is -0.490 e. The van der Waals surface area contributed by atoms with Crippen molar-refractivity contribution in [3.8, 4) is 11.6 Å². The first kappa shape index (κ1) is 20.5. The number of aromatic nitrogens is 2. The highest BCUT2D eigenvalue weighted by Crippen LogP contribution is 2.26. The summed E-state index contributed by atoms with van der Waals surface area (Å²) in [5.74, 6) is 0.605. The second-order valence-corrected chi connectivity index (χ2v) is 8.21. The molecular weight excluding hydrogens is 357 g/mol. The van der Waals surface area contributed by atoms with E-state index in [4.69, 9.17) is 9.47 Å². The molecule has 152 valence electrons. The molecule has 1 aromatic carbocycles. The van der Waals surface area contributed by atoms with Crippen molar-refractivity contribution in [3.63, 3.8) is 0 Å². The Hall–Kier alpha value is -2.21. The summed E-state index contributed by atoms with van der Waals surface area (Å²) in [7, 11) is 0. The molecule has 0 radical (unpaired) electrons. The molecule has 0 bridgehead atoms. The van der Waals surface area contributed by atoms with Gasteiger partial charge in [0.25, 0.3) is 0 Å². The number of rotatable bonds is 7. The number of nitrogens with zero attached hydrogens (tertiary/aromatic N) is 3. The topological polar surface area (TPSA) is 47.5 Å². The predicted octanol–water partition coefficient (Wildman–Crippen LogP) is 4.62. The first-order valence-corrected chi connectivity index (χ1v) is 10.0. The highest BCUT2D eigenvalue weighted by atomic mass is 19.1. The molecule has 1 aromatic heterocycles. The van der Waals surface area contributed by atoms with E-state index in [9.17, 15) is 4.39 Å². The molecule has 6 heteroatoms. The molecule has 0 aliphatic carbocycles. The van der Waals surface area contributed by atoms with Gasteiger partial charge in [-0.2, -0.15) is 0 Å². The van der Waals surface area contributed by atoms with E-state index in [2.05, 4.69) is 14.9 Å². The summed E-state index contributed by atoms with van der Waals surface area (Å²) in [4.78, 5) is 11.3. The maximum atomic E-state index is 13.7. The van der Waals surface area contributed by atoms with Crippen LogP contribution in [-0.4, -0.2) is 39.7 Å². The van der Waals surface area contributed by atoms with Crippen molar-refractivity contribution in [2.45, 2.75) is 64.6 Å². The second-order valence-electron chi connectivity index (χ2n) is 8.21.